The largest absolute Gasteiger partial charge is 0.444 e. The third kappa shape index (κ3) is 6.61. The second kappa shape index (κ2) is 7.82. The summed E-state index contributed by atoms with van der Waals surface area (Å²) in [5, 5.41) is 5.35. The Kier molecular flexibility index (Phi) is 6.40. The molecule has 0 bridgehead atoms. The lowest BCUT2D eigenvalue weighted by Crippen LogP contribution is -2.37. The average Bonchev–Trinajstić information content (AvgIpc) is 2.41. The van der Waals surface area contributed by atoms with Crippen molar-refractivity contribution >= 4 is 12.0 Å². The van der Waals surface area contributed by atoms with E-state index in [2.05, 4.69) is 24.5 Å². The van der Waals surface area contributed by atoms with E-state index in [1.807, 2.05) is 24.3 Å². The van der Waals surface area contributed by atoms with Gasteiger partial charge < -0.3 is 15.4 Å². The molecule has 2 amide bonds. The minimum atomic E-state index is -0.522. The zero-order valence-electron chi connectivity index (χ0n) is 14.0. The van der Waals surface area contributed by atoms with Crippen molar-refractivity contribution in [2.75, 3.05) is 13.1 Å². The normalized spacial score (nSPS) is 11.2. The van der Waals surface area contributed by atoms with Gasteiger partial charge in [0.05, 0.1) is 0 Å². The molecule has 1 aromatic carbocycles. The first kappa shape index (κ1) is 18.0. The van der Waals surface area contributed by atoms with Gasteiger partial charge in [-0.1, -0.05) is 26.0 Å². The number of benzene rings is 1. The van der Waals surface area contributed by atoms with Gasteiger partial charge in [0.25, 0.3) is 5.91 Å². The third-order valence-electron chi connectivity index (χ3n) is 2.92. The van der Waals surface area contributed by atoms with E-state index in [4.69, 9.17) is 4.74 Å². The van der Waals surface area contributed by atoms with Crippen LogP contribution in [0.1, 0.15) is 56.5 Å². The first-order chi connectivity index (χ1) is 10.2. The molecule has 0 aliphatic rings. The van der Waals surface area contributed by atoms with Crippen molar-refractivity contribution in [2.24, 2.45) is 0 Å². The van der Waals surface area contributed by atoms with Crippen molar-refractivity contribution < 1.29 is 14.3 Å². The molecule has 5 nitrogen and oxygen atoms in total. The fourth-order valence-corrected chi connectivity index (χ4v) is 1.78. The Morgan fingerprint density at radius 3 is 2.09 bits per heavy atom. The maximum absolute atomic E-state index is 11.9. The van der Waals surface area contributed by atoms with Crippen molar-refractivity contribution in [1.29, 1.82) is 0 Å². The molecular weight excluding hydrogens is 280 g/mol. The van der Waals surface area contributed by atoms with E-state index in [0.29, 0.717) is 24.6 Å². The van der Waals surface area contributed by atoms with Gasteiger partial charge >= 0.3 is 6.09 Å². The number of ether oxygens (including phenoxy) is 1. The predicted octanol–water partition coefficient (Wildman–Crippen LogP) is 3.06. The van der Waals surface area contributed by atoms with Crippen LogP contribution in [-0.2, 0) is 4.74 Å². The average molecular weight is 306 g/mol. The molecule has 0 aliphatic carbocycles. The van der Waals surface area contributed by atoms with Crippen molar-refractivity contribution in [3.63, 3.8) is 0 Å². The standard InChI is InChI=1S/C17H26N2O3/c1-12(2)13-6-8-14(9-7-13)15(20)18-10-11-19-16(21)22-17(3,4)5/h6-9,12H,10-11H2,1-5H3,(H,18,20)(H,19,21). The van der Waals surface area contributed by atoms with E-state index < -0.39 is 11.7 Å². The summed E-state index contributed by atoms with van der Waals surface area (Å²) in [6.45, 7) is 10.3. The van der Waals surface area contributed by atoms with Crippen LogP contribution < -0.4 is 10.6 Å². The van der Waals surface area contributed by atoms with E-state index in [1.54, 1.807) is 20.8 Å². The maximum atomic E-state index is 11.9. The number of alkyl carbamates (subject to hydrolysis) is 1. The first-order valence-corrected chi connectivity index (χ1v) is 7.54. The topological polar surface area (TPSA) is 67.4 Å². The zero-order chi connectivity index (χ0) is 16.8. The third-order valence-corrected chi connectivity index (χ3v) is 2.92. The Morgan fingerprint density at radius 1 is 1.05 bits per heavy atom. The second-order valence-corrected chi connectivity index (χ2v) is 6.46. The Morgan fingerprint density at radius 2 is 1.59 bits per heavy atom. The van der Waals surface area contributed by atoms with Gasteiger partial charge in [0.1, 0.15) is 5.60 Å². The van der Waals surface area contributed by atoms with Gasteiger partial charge in [0.15, 0.2) is 0 Å². The summed E-state index contributed by atoms with van der Waals surface area (Å²) in [7, 11) is 0. The Hall–Kier alpha value is -2.04. The number of rotatable bonds is 5. The highest BCUT2D eigenvalue weighted by Crippen LogP contribution is 2.14. The highest BCUT2D eigenvalue weighted by Gasteiger charge is 2.15. The lowest BCUT2D eigenvalue weighted by atomic mass is 10.0. The molecule has 1 aromatic rings. The number of amides is 2. The predicted molar refractivity (Wildman–Crippen MR) is 87.1 cm³/mol. The summed E-state index contributed by atoms with van der Waals surface area (Å²) in [4.78, 5) is 23.4. The summed E-state index contributed by atoms with van der Waals surface area (Å²) in [6.07, 6.45) is -0.483. The Balaban J connectivity index is 2.33. The van der Waals surface area contributed by atoms with Gasteiger partial charge in [-0.05, 0) is 44.4 Å². The molecule has 0 aliphatic heterocycles. The van der Waals surface area contributed by atoms with E-state index in [9.17, 15) is 9.59 Å². The lowest BCUT2D eigenvalue weighted by Gasteiger charge is -2.19. The molecule has 5 heteroatoms. The molecule has 2 N–H and O–H groups in total. The minimum Gasteiger partial charge on any atom is -0.444 e. The molecule has 122 valence electrons. The summed E-state index contributed by atoms with van der Waals surface area (Å²) < 4.78 is 5.10. The van der Waals surface area contributed by atoms with Crippen LogP contribution in [-0.4, -0.2) is 30.7 Å². The van der Waals surface area contributed by atoms with Crippen LogP contribution >= 0.6 is 0 Å². The number of carbonyl (C=O) groups is 2. The molecule has 22 heavy (non-hydrogen) atoms. The van der Waals surface area contributed by atoms with Gasteiger partial charge in [0.2, 0.25) is 0 Å². The van der Waals surface area contributed by atoms with E-state index in [0.717, 1.165) is 0 Å². The summed E-state index contributed by atoms with van der Waals surface area (Å²) >= 11 is 0. The summed E-state index contributed by atoms with van der Waals surface area (Å²) in [5.74, 6) is 0.288. The highest BCUT2D eigenvalue weighted by atomic mass is 16.6. The molecule has 0 fully saturated rings. The van der Waals surface area contributed by atoms with E-state index >= 15 is 0 Å². The number of hydrogen-bond acceptors (Lipinski definition) is 3. The molecule has 0 saturated carbocycles. The van der Waals surface area contributed by atoms with Crippen molar-refractivity contribution in [2.45, 2.75) is 46.1 Å². The molecule has 0 unspecified atom stereocenters. The number of carbonyl (C=O) groups excluding carboxylic acids is 2. The van der Waals surface area contributed by atoms with Crippen LogP contribution in [0.2, 0.25) is 0 Å². The van der Waals surface area contributed by atoms with Crippen molar-refractivity contribution in [1.82, 2.24) is 10.6 Å². The zero-order valence-corrected chi connectivity index (χ0v) is 14.0. The highest BCUT2D eigenvalue weighted by molar-refractivity contribution is 5.94. The van der Waals surface area contributed by atoms with Crippen LogP contribution in [0.15, 0.2) is 24.3 Å². The first-order valence-electron chi connectivity index (χ1n) is 7.54. The van der Waals surface area contributed by atoms with Crippen LogP contribution in [0.3, 0.4) is 0 Å². The molecular formula is C17H26N2O3. The summed E-state index contributed by atoms with van der Waals surface area (Å²) in [5.41, 5.74) is 1.29. The fourth-order valence-electron chi connectivity index (χ4n) is 1.78. The fraction of sp³-hybridized carbons (Fsp3) is 0.529. The maximum Gasteiger partial charge on any atom is 0.407 e. The van der Waals surface area contributed by atoms with Gasteiger partial charge in [-0.3, -0.25) is 4.79 Å². The van der Waals surface area contributed by atoms with Crippen LogP contribution in [0, 0.1) is 0 Å². The molecule has 0 atom stereocenters. The molecule has 1 rings (SSSR count). The minimum absolute atomic E-state index is 0.152. The molecule has 0 aromatic heterocycles. The van der Waals surface area contributed by atoms with Gasteiger partial charge in [0, 0.05) is 18.7 Å². The number of hydrogen-bond donors (Lipinski definition) is 2. The number of nitrogens with one attached hydrogen (secondary N) is 2. The molecule has 0 heterocycles. The van der Waals surface area contributed by atoms with Crippen LogP contribution in [0.25, 0.3) is 0 Å². The van der Waals surface area contributed by atoms with Crippen molar-refractivity contribution in [3.8, 4) is 0 Å². The Bertz CT molecular complexity index is 502. The molecule has 0 radical (unpaired) electrons. The van der Waals surface area contributed by atoms with Crippen molar-refractivity contribution in [3.05, 3.63) is 35.4 Å². The van der Waals surface area contributed by atoms with Crippen LogP contribution in [0.5, 0.6) is 0 Å². The van der Waals surface area contributed by atoms with Gasteiger partial charge in [-0.15, -0.1) is 0 Å². The smallest absolute Gasteiger partial charge is 0.407 e. The molecule has 0 saturated heterocycles. The van der Waals surface area contributed by atoms with E-state index in [1.165, 1.54) is 5.56 Å². The second-order valence-electron chi connectivity index (χ2n) is 6.46. The van der Waals surface area contributed by atoms with Gasteiger partial charge in [-0.2, -0.15) is 0 Å². The quantitative estimate of drug-likeness (QED) is 0.822. The van der Waals surface area contributed by atoms with Crippen LogP contribution in [0.4, 0.5) is 4.79 Å². The van der Waals surface area contributed by atoms with Gasteiger partial charge in [-0.25, -0.2) is 4.79 Å². The lowest BCUT2D eigenvalue weighted by molar-refractivity contribution is 0.0526. The monoisotopic (exact) mass is 306 g/mol. The molecule has 0 spiro atoms. The Labute approximate surface area is 132 Å². The van der Waals surface area contributed by atoms with E-state index in [-0.39, 0.29) is 5.91 Å². The SMILES string of the molecule is CC(C)c1ccc(C(=O)NCCNC(=O)OC(C)(C)C)cc1. The summed E-state index contributed by atoms with van der Waals surface area (Å²) in [6, 6.07) is 7.54.